The van der Waals surface area contributed by atoms with E-state index < -0.39 is 0 Å². The SMILES string of the molecule is CSc1cc(Cc2ccc3ccccc3c2)no1. The van der Waals surface area contributed by atoms with Gasteiger partial charge in [0.15, 0.2) is 5.09 Å². The number of hydrogen-bond acceptors (Lipinski definition) is 3. The second-order valence-corrected chi connectivity index (χ2v) is 5.01. The molecule has 0 amide bonds. The highest BCUT2D eigenvalue weighted by Gasteiger charge is 2.04. The van der Waals surface area contributed by atoms with Crippen LogP contribution in [0.2, 0.25) is 0 Å². The molecule has 0 saturated carbocycles. The summed E-state index contributed by atoms with van der Waals surface area (Å²) in [5.74, 6) is 0. The minimum Gasteiger partial charge on any atom is -0.350 e. The third kappa shape index (κ3) is 2.27. The predicted octanol–water partition coefficient (Wildman–Crippen LogP) is 4.14. The van der Waals surface area contributed by atoms with Crippen LogP contribution in [0, 0.1) is 0 Å². The summed E-state index contributed by atoms with van der Waals surface area (Å²) < 4.78 is 5.19. The fourth-order valence-corrected chi connectivity index (χ4v) is 2.40. The zero-order chi connectivity index (χ0) is 12.4. The van der Waals surface area contributed by atoms with E-state index in [0.717, 1.165) is 17.2 Å². The Labute approximate surface area is 110 Å². The van der Waals surface area contributed by atoms with Crippen LogP contribution in [0.3, 0.4) is 0 Å². The Balaban J connectivity index is 1.90. The van der Waals surface area contributed by atoms with Crippen LogP contribution in [-0.2, 0) is 6.42 Å². The molecule has 0 N–H and O–H groups in total. The molecule has 2 nitrogen and oxygen atoms in total. The molecule has 0 unspecified atom stereocenters. The quantitative estimate of drug-likeness (QED) is 0.658. The summed E-state index contributed by atoms with van der Waals surface area (Å²) >= 11 is 1.57. The van der Waals surface area contributed by atoms with Crippen molar-refractivity contribution in [3.05, 3.63) is 59.8 Å². The van der Waals surface area contributed by atoms with E-state index in [-0.39, 0.29) is 0 Å². The fraction of sp³-hybridized carbons (Fsp3) is 0.133. The fourth-order valence-electron chi connectivity index (χ4n) is 2.03. The Kier molecular flexibility index (Phi) is 3.07. The molecule has 0 aliphatic carbocycles. The Bertz CT molecular complexity index is 675. The lowest BCUT2D eigenvalue weighted by Crippen LogP contribution is -1.87. The van der Waals surface area contributed by atoms with Gasteiger partial charge >= 0.3 is 0 Å². The Morgan fingerprint density at radius 1 is 1.06 bits per heavy atom. The molecule has 2 aromatic carbocycles. The molecule has 0 aliphatic heterocycles. The van der Waals surface area contributed by atoms with E-state index in [1.54, 1.807) is 11.8 Å². The number of rotatable bonds is 3. The number of aromatic nitrogens is 1. The zero-order valence-corrected chi connectivity index (χ0v) is 10.9. The largest absolute Gasteiger partial charge is 0.350 e. The van der Waals surface area contributed by atoms with E-state index in [1.165, 1.54) is 16.3 Å². The molecule has 0 bridgehead atoms. The molecule has 0 radical (unpaired) electrons. The third-order valence-electron chi connectivity index (χ3n) is 2.94. The lowest BCUT2D eigenvalue weighted by Gasteiger charge is -2.01. The van der Waals surface area contributed by atoms with Gasteiger partial charge in [-0.1, -0.05) is 59.4 Å². The van der Waals surface area contributed by atoms with Gasteiger partial charge in [-0.05, 0) is 22.6 Å². The van der Waals surface area contributed by atoms with E-state index in [1.807, 2.05) is 12.3 Å². The van der Waals surface area contributed by atoms with Gasteiger partial charge < -0.3 is 4.52 Å². The van der Waals surface area contributed by atoms with E-state index in [2.05, 4.69) is 47.6 Å². The molecule has 0 atom stereocenters. The highest BCUT2D eigenvalue weighted by molar-refractivity contribution is 7.98. The number of hydrogen-bond donors (Lipinski definition) is 0. The van der Waals surface area contributed by atoms with Crippen molar-refractivity contribution in [3.8, 4) is 0 Å². The van der Waals surface area contributed by atoms with Gasteiger partial charge in [0.1, 0.15) is 0 Å². The number of nitrogens with zero attached hydrogens (tertiary/aromatic N) is 1. The molecular weight excluding hydrogens is 242 g/mol. The van der Waals surface area contributed by atoms with Crippen LogP contribution in [0.15, 0.2) is 58.1 Å². The molecule has 1 aromatic heterocycles. The Hall–Kier alpha value is -1.74. The van der Waals surface area contributed by atoms with Crippen LogP contribution in [0.1, 0.15) is 11.3 Å². The smallest absolute Gasteiger partial charge is 0.193 e. The van der Waals surface area contributed by atoms with Gasteiger partial charge in [-0.2, -0.15) is 0 Å². The van der Waals surface area contributed by atoms with E-state index in [9.17, 15) is 0 Å². The van der Waals surface area contributed by atoms with Gasteiger partial charge in [-0.3, -0.25) is 0 Å². The first-order chi connectivity index (χ1) is 8.85. The van der Waals surface area contributed by atoms with Crippen LogP contribution < -0.4 is 0 Å². The first-order valence-electron chi connectivity index (χ1n) is 5.82. The van der Waals surface area contributed by atoms with Gasteiger partial charge in [0.25, 0.3) is 0 Å². The van der Waals surface area contributed by atoms with Gasteiger partial charge in [-0.15, -0.1) is 0 Å². The van der Waals surface area contributed by atoms with Crippen molar-refractivity contribution in [1.29, 1.82) is 0 Å². The minimum atomic E-state index is 0.814. The summed E-state index contributed by atoms with van der Waals surface area (Å²) in [6.45, 7) is 0. The molecule has 1 heterocycles. The topological polar surface area (TPSA) is 26.0 Å². The second-order valence-electron chi connectivity index (χ2n) is 4.20. The average Bonchev–Trinajstić information content (AvgIpc) is 2.86. The maximum atomic E-state index is 5.19. The van der Waals surface area contributed by atoms with Crippen molar-refractivity contribution in [2.75, 3.05) is 6.26 Å². The van der Waals surface area contributed by atoms with Gasteiger partial charge in [0, 0.05) is 12.5 Å². The predicted molar refractivity (Wildman–Crippen MR) is 75.0 cm³/mol. The lowest BCUT2D eigenvalue weighted by molar-refractivity contribution is 0.346. The van der Waals surface area contributed by atoms with Crippen molar-refractivity contribution in [2.24, 2.45) is 0 Å². The van der Waals surface area contributed by atoms with Crippen molar-refractivity contribution in [1.82, 2.24) is 5.16 Å². The van der Waals surface area contributed by atoms with Crippen molar-refractivity contribution in [2.45, 2.75) is 11.5 Å². The summed E-state index contributed by atoms with van der Waals surface area (Å²) in [7, 11) is 0. The molecule has 3 rings (SSSR count). The molecule has 0 saturated heterocycles. The molecule has 0 spiro atoms. The van der Waals surface area contributed by atoms with Gasteiger partial charge in [-0.25, -0.2) is 0 Å². The maximum Gasteiger partial charge on any atom is 0.193 e. The third-order valence-corrected chi connectivity index (χ3v) is 3.53. The van der Waals surface area contributed by atoms with Crippen LogP contribution in [0.25, 0.3) is 10.8 Å². The normalized spacial score (nSPS) is 10.9. The van der Waals surface area contributed by atoms with E-state index >= 15 is 0 Å². The first-order valence-corrected chi connectivity index (χ1v) is 7.05. The summed E-state index contributed by atoms with van der Waals surface area (Å²) in [5, 5.41) is 7.47. The lowest BCUT2D eigenvalue weighted by atomic mass is 10.0. The minimum absolute atomic E-state index is 0.814. The number of benzene rings is 2. The van der Waals surface area contributed by atoms with Gasteiger partial charge in [0.2, 0.25) is 0 Å². The standard InChI is InChI=1S/C15H13NOS/c1-18-15-10-14(16-17-15)9-11-6-7-12-4-2-3-5-13(12)8-11/h2-8,10H,9H2,1H3. The second kappa shape index (κ2) is 4.86. The highest BCUT2D eigenvalue weighted by atomic mass is 32.2. The van der Waals surface area contributed by atoms with E-state index in [0.29, 0.717) is 0 Å². The first kappa shape index (κ1) is 11.4. The molecule has 0 fully saturated rings. The van der Waals surface area contributed by atoms with Crippen LogP contribution in [0.5, 0.6) is 0 Å². The van der Waals surface area contributed by atoms with Crippen molar-refractivity contribution >= 4 is 22.5 Å². The van der Waals surface area contributed by atoms with Crippen LogP contribution in [0.4, 0.5) is 0 Å². The zero-order valence-electron chi connectivity index (χ0n) is 10.1. The molecular formula is C15H13NOS. The highest BCUT2D eigenvalue weighted by Crippen LogP contribution is 2.20. The Morgan fingerprint density at radius 2 is 1.89 bits per heavy atom. The van der Waals surface area contributed by atoms with E-state index in [4.69, 9.17) is 4.52 Å². The van der Waals surface area contributed by atoms with Crippen LogP contribution >= 0.6 is 11.8 Å². The monoisotopic (exact) mass is 255 g/mol. The van der Waals surface area contributed by atoms with Crippen molar-refractivity contribution < 1.29 is 4.52 Å². The number of fused-ring (bicyclic) bond motifs is 1. The summed E-state index contributed by atoms with van der Waals surface area (Å²) in [6.07, 6.45) is 2.80. The van der Waals surface area contributed by atoms with Crippen molar-refractivity contribution in [3.63, 3.8) is 0 Å². The molecule has 3 aromatic rings. The van der Waals surface area contributed by atoms with Crippen LogP contribution in [-0.4, -0.2) is 11.4 Å². The summed E-state index contributed by atoms with van der Waals surface area (Å²) in [5.41, 5.74) is 2.24. The Morgan fingerprint density at radius 3 is 2.67 bits per heavy atom. The summed E-state index contributed by atoms with van der Waals surface area (Å²) in [4.78, 5) is 0. The molecule has 0 aliphatic rings. The number of thioether (sulfide) groups is 1. The van der Waals surface area contributed by atoms with Gasteiger partial charge in [0.05, 0.1) is 5.69 Å². The molecule has 3 heteroatoms. The average molecular weight is 255 g/mol. The molecule has 90 valence electrons. The molecule has 18 heavy (non-hydrogen) atoms. The maximum absolute atomic E-state index is 5.19. The summed E-state index contributed by atoms with van der Waals surface area (Å²) in [6, 6.07) is 16.9.